The summed E-state index contributed by atoms with van der Waals surface area (Å²) in [5.74, 6) is -2.75. The van der Waals surface area contributed by atoms with Crippen LogP contribution in [0.25, 0.3) is 0 Å². The molecule has 2 amide bonds. The van der Waals surface area contributed by atoms with Gasteiger partial charge >= 0.3 is 11.9 Å². The zero-order chi connectivity index (χ0) is 24.4. The predicted molar refractivity (Wildman–Crippen MR) is 118 cm³/mol. The number of β-lactam (4-membered cyclic amide) rings is 1. The highest BCUT2D eigenvalue weighted by molar-refractivity contribution is 8.00. The monoisotopic (exact) mass is 497 g/mol. The molecule has 2 N–H and O–H groups in total. The lowest BCUT2D eigenvalue weighted by atomic mass is 9.87. The molecule has 2 aliphatic rings. The Hall–Kier alpha value is -3.00. The Bertz CT molecular complexity index is 991. The van der Waals surface area contributed by atoms with Crippen LogP contribution in [0.2, 0.25) is 0 Å². The fraction of sp³-hybridized carbons (Fsp3) is 0.526. The Balaban J connectivity index is 1.66. The molecule has 3 atom stereocenters. The van der Waals surface area contributed by atoms with Gasteiger partial charge in [0.05, 0.1) is 0 Å². The van der Waals surface area contributed by atoms with Gasteiger partial charge in [-0.15, -0.1) is 18.3 Å². The zero-order valence-corrected chi connectivity index (χ0v) is 19.8. The molecule has 0 aromatic carbocycles. The number of oxime groups is 1. The highest BCUT2D eigenvalue weighted by atomic mass is 32.2. The topological polar surface area (TPSA) is 160 Å². The van der Waals surface area contributed by atoms with E-state index in [1.54, 1.807) is 20.8 Å². The van der Waals surface area contributed by atoms with Crippen molar-refractivity contribution in [2.75, 3.05) is 18.9 Å². The Morgan fingerprint density at radius 1 is 1.45 bits per heavy atom. The molecule has 3 heterocycles. The number of hydrogen-bond donors (Lipinski definition) is 2. The molecule has 3 rings (SSSR count). The van der Waals surface area contributed by atoms with Gasteiger partial charge in [-0.05, 0) is 32.3 Å². The van der Waals surface area contributed by atoms with Crippen molar-refractivity contribution >= 4 is 52.8 Å². The number of carboxylic acids is 1. The molecule has 2 saturated heterocycles. The summed E-state index contributed by atoms with van der Waals surface area (Å²) in [4.78, 5) is 59.2. The molecule has 0 radical (unpaired) electrons. The first-order valence-corrected chi connectivity index (χ1v) is 11.6. The van der Waals surface area contributed by atoms with Crippen LogP contribution >= 0.6 is 23.3 Å². The van der Waals surface area contributed by atoms with Crippen LogP contribution < -0.4 is 5.32 Å². The highest BCUT2D eigenvalue weighted by Crippen LogP contribution is 2.42. The van der Waals surface area contributed by atoms with Crippen LogP contribution in [0.5, 0.6) is 0 Å². The van der Waals surface area contributed by atoms with E-state index in [2.05, 4.69) is 26.4 Å². The second-order valence-electron chi connectivity index (χ2n) is 8.34. The lowest BCUT2D eigenvalue weighted by molar-refractivity contribution is -0.160. The molecule has 2 fully saturated rings. The van der Waals surface area contributed by atoms with E-state index in [1.165, 1.54) is 28.2 Å². The van der Waals surface area contributed by atoms with Gasteiger partial charge in [0, 0.05) is 12.3 Å². The van der Waals surface area contributed by atoms with Gasteiger partial charge < -0.3 is 24.9 Å². The van der Waals surface area contributed by atoms with E-state index in [-0.39, 0.29) is 23.8 Å². The summed E-state index contributed by atoms with van der Waals surface area (Å²) in [7, 11) is 0. The smallest absolute Gasteiger partial charge is 0.347 e. The number of ether oxygens (including phenoxy) is 1. The predicted octanol–water partition coefficient (Wildman–Crippen LogP) is 0.257. The number of carbonyl (C=O) groups is 4. The summed E-state index contributed by atoms with van der Waals surface area (Å²) in [6.45, 7) is 8.12. The third kappa shape index (κ3) is 5.33. The number of amides is 2. The second-order valence-corrected chi connectivity index (χ2v) is 10.0. The minimum atomic E-state index is -1.24. The van der Waals surface area contributed by atoms with Crippen molar-refractivity contribution in [3.8, 4) is 0 Å². The molecule has 2 aliphatic heterocycles. The number of aromatic nitrogens is 2. The summed E-state index contributed by atoms with van der Waals surface area (Å²) >= 11 is 2.22. The molecule has 0 bridgehead atoms. The molecule has 33 heavy (non-hydrogen) atoms. The molecule has 2 unspecified atom stereocenters. The van der Waals surface area contributed by atoms with Crippen LogP contribution in [-0.2, 0) is 28.8 Å². The van der Waals surface area contributed by atoms with E-state index in [0.717, 1.165) is 11.5 Å². The summed E-state index contributed by atoms with van der Waals surface area (Å²) in [5, 5.41) is 15.4. The normalized spacial score (nSPS) is 24.9. The van der Waals surface area contributed by atoms with Crippen molar-refractivity contribution in [1.29, 1.82) is 0 Å². The second kappa shape index (κ2) is 9.47. The number of esters is 1. The largest absolute Gasteiger partial charge is 0.481 e. The first-order chi connectivity index (χ1) is 15.5. The quantitative estimate of drug-likeness (QED) is 0.168. The maximum atomic E-state index is 12.9. The number of hydrogen-bond acceptors (Lipinski definition) is 11. The minimum absolute atomic E-state index is 0.0255. The third-order valence-electron chi connectivity index (χ3n) is 4.76. The Morgan fingerprint density at radius 3 is 2.76 bits per heavy atom. The highest BCUT2D eigenvalue weighted by Gasteiger charge is 2.56. The van der Waals surface area contributed by atoms with Gasteiger partial charge in [-0.1, -0.05) is 11.2 Å². The lowest BCUT2D eigenvalue weighted by Crippen LogP contribution is -2.73. The lowest BCUT2D eigenvalue weighted by Gasteiger charge is -2.53. The summed E-state index contributed by atoms with van der Waals surface area (Å²) in [6, 6.07) is -0.881. The van der Waals surface area contributed by atoms with Crippen LogP contribution in [0, 0.1) is 5.41 Å². The number of nitrogens with zero attached hydrogens (tertiary/aromatic N) is 4. The molecule has 0 aliphatic carbocycles. The number of rotatable bonds is 8. The van der Waals surface area contributed by atoms with E-state index < -0.39 is 52.8 Å². The van der Waals surface area contributed by atoms with E-state index >= 15 is 0 Å². The number of thioether (sulfide) groups is 1. The van der Waals surface area contributed by atoms with E-state index in [9.17, 15) is 24.3 Å². The van der Waals surface area contributed by atoms with E-state index in [4.69, 9.17) is 9.57 Å². The summed E-state index contributed by atoms with van der Waals surface area (Å²) < 4.78 is 9.08. The summed E-state index contributed by atoms with van der Waals surface area (Å²) in [5.41, 5.74) is -0.866. The Morgan fingerprint density at radius 2 is 2.18 bits per heavy atom. The van der Waals surface area contributed by atoms with Crippen LogP contribution in [-0.4, -0.2) is 84.7 Å². The average molecular weight is 498 g/mol. The van der Waals surface area contributed by atoms with Crippen molar-refractivity contribution in [3.63, 3.8) is 0 Å². The molecular formula is C19H23N5O7S2. The van der Waals surface area contributed by atoms with Crippen LogP contribution in [0.15, 0.2) is 23.3 Å². The van der Waals surface area contributed by atoms with Gasteiger partial charge in [0.15, 0.2) is 0 Å². The molecule has 1 aromatic rings. The Labute approximate surface area is 197 Å². The molecule has 0 saturated carbocycles. The average Bonchev–Trinajstić information content (AvgIpc) is 3.27. The van der Waals surface area contributed by atoms with Crippen molar-refractivity contribution in [3.05, 3.63) is 24.0 Å². The van der Waals surface area contributed by atoms with Gasteiger partial charge in [0.2, 0.25) is 24.1 Å². The van der Waals surface area contributed by atoms with Crippen molar-refractivity contribution in [2.45, 2.75) is 37.8 Å². The number of fused-ring (bicyclic) bond motifs is 1. The number of carboxylic acid groups (broad SMARTS) is 1. The SMILES string of the molecule is C=CC1(C(=O)O)CS[C@@H]2C(NC(=O)C(=NOCC(=O)OC(C)(C)C)c3ncsn3)C(=O)N2C1. The van der Waals surface area contributed by atoms with Crippen LogP contribution in [0.1, 0.15) is 26.6 Å². The maximum Gasteiger partial charge on any atom is 0.347 e. The van der Waals surface area contributed by atoms with Gasteiger partial charge in [0.1, 0.15) is 27.9 Å². The van der Waals surface area contributed by atoms with Crippen LogP contribution in [0.3, 0.4) is 0 Å². The number of aliphatic carboxylic acids is 1. The van der Waals surface area contributed by atoms with Gasteiger partial charge in [0.25, 0.3) is 5.91 Å². The number of nitrogens with one attached hydrogen (secondary N) is 1. The molecule has 0 spiro atoms. The fourth-order valence-corrected chi connectivity index (χ4v) is 5.09. The van der Waals surface area contributed by atoms with Crippen molar-refractivity contribution in [1.82, 2.24) is 19.6 Å². The molecule has 14 heteroatoms. The minimum Gasteiger partial charge on any atom is -0.481 e. The first kappa shape index (κ1) is 24.6. The van der Waals surface area contributed by atoms with E-state index in [1.807, 2.05) is 0 Å². The maximum absolute atomic E-state index is 12.9. The molecule has 12 nitrogen and oxygen atoms in total. The van der Waals surface area contributed by atoms with Crippen LogP contribution in [0.4, 0.5) is 0 Å². The third-order valence-corrected chi connectivity index (χ3v) is 6.78. The van der Waals surface area contributed by atoms with Crippen molar-refractivity contribution in [2.24, 2.45) is 10.6 Å². The Kier molecular flexibility index (Phi) is 7.07. The van der Waals surface area contributed by atoms with E-state index in [0.29, 0.717) is 0 Å². The summed E-state index contributed by atoms with van der Waals surface area (Å²) in [6.07, 6.45) is 1.33. The van der Waals surface area contributed by atoms with Gasteiger partial charge in [-0.25, -0.2) is 9.78 Å². The molecule has 1 aromatic heterocycles. The van der Waals surface area contributed by atoms with Gasteiger partial charge in [-0.3, -0.25) is 14.4 Å². The standard InChI is InChI=1S/C19H23N5O7S2/c1-5-19(17(28)29)7-24-15(27)12(16(24)32-8-19)21-14(26)11(13-20-9-33-23-13)22-30-6-10(25)31-18(2,3)4/h5,9,12,16H,1,6-8H2,2-4H3,(H,21,26)(H,28,29)/t12?,16-,19?/m1/s1. The number of carbonyl (C=O) groups excluding carboxylic acids is 3. The first-order valence-electron chi connectivity index (χ1n) is 9.76. The molecular weight excluding hydrogens is 474 g/mol. The molecule has 178 valence electrons. The van der Waals surface area contributed by atoms with Gasteiger partial charge in [-0.2, -0.15) is 4.37 Å². The zero-order valence-electron chi connectivity index (χ0n) is 18.1. The van der Waals surface area contributed by atoms with Crippen molar-refractivity contribution < 1.29 is 33.9 Å². The fourth-order valence-electron chi connectivity index (χ4n) is 3.12.